The fraction of sp³-hybridized carbons (Fsp3) is 0.944. The van der Waals surface area contributed by atoms with Crippen LogP contribution in [0.4, 0.5) is 18.8 Å². The molecule has 20 heteroatoms. The predicted octanol–water partition coefficient (Wildman–Crippen LogP) is 10.4. The number of hydrogen-bond acceptors (Lipinski definition) is 13. The summed E-state index contributed by atoms with van der Waals surface area (Å²) in [6.45, 7) is 32.1. The summed E-state index contributed by atoms with van der Waals surface area (Å²) in [5.74, 6) is 4.53. The second-order valence-electron chi connectivity index (χ2n) is 23.8. The van der Waals surface area contributed by atoms with Crippen molar-refractivity contribution in [2.45, 2.75) is 253 Å². The number of rotatable bonds is 8. The normalized spacial score (nSPS) is 30.8. The first kappa shape index (κ1) is 75.1. The number of aliphatic hydroxyl groups excluding tert-OH is 5. The summed E-state index contributed by atoms with van der Waals surface area (Å²) in [6, 6.07) is 1.09. The van der Waals surface area contributed by atoms with E-state index in [4.69, 9.17) is 42.4 Å². The van der Waals surface area contributed by atoms with Crippen LogP contribution in [0.3, 0.4) is 0 Å². The van der Waals surface area contributed by atoms with Crippen LogP contribution in [0.5, 0.6) is 0 Å². The van der Waals surface area contributed by atoms with Gasteiger partial charge in [0.05, 0.1) is 20.7 Å². The van der Waals surface area contributed by atoms with Crippen molar-refractivity contribution >= 4 is 45.5 Å². The van der Waals surface area contributed by atoms with Crippen molar-refractivity contribution in [1.29, 1.82) is 0 Å². The number of alkyl carbamates (subject to hydrolysis) is 3. The molecule has 5 fully saturated rings. The van der Waals surface area contributed by atoms with Crippen molar-refractivity contribution in [1.82, 2.24) is 16.0 Å². The van der Waals surface area contributed by atoms with Crippen LogP contribution in [-0.4, -0.2) is 130 Å². The molecule has 5 aliphatic carbocycles. The molecule has 0 aliphatic heterocycles. The number of nitrogens with one attached hydrogen (secondary N) is 3. The number of amides is 3. The zero-order chi connectivity index (χ0) is 58.9. The molecule has 0 unspecified atom stereocenters. The van der Waals surface area contributed by atoms with E-state index in [0.29, 0.717) is 67.7 Å². The Morgan fingerprint density at radius 2 is 0.797 bits per heavy atom. The van der Waals surface area contributed by atoms with Gasteiger partial charge in [0.1, 0.15) is 16.8 Å². The molecule has 15 atom stereocenters. The Bertz CT molecular complexity index is 1320. The van der Waals surface area contributed by atoms with Crippen LogP contribution in [0.25, 0.3) is 0 Å². The van der Waals surface area contributed by atoms with Gasteiger partial charge in [-0.15, -0.1) is 0 Å². The molecule has 0 aromatic heterocycles. The van der Waals surface area contributed by atoms with Crippen LogP contribution in [-0.2, 0) is 27.4 Å². The first-order valence-electron chi connectivity index (χ1n) is 28.0. The van der Waals surface area contributed by atoms with Gasteiger partial charge in [-0.05, 0) is 175 Å². The molecule has 5 saturated carbocycles. The van der Waals surface area contributed by atoms with Crippen LogP contribution in [0.2, 0.25) is 0 Å². The second kappa shape index (κ2) is 41.1. The van der Waals surface area contributed by atoms with Crippen molar-refractivity contribution in [2.24, 2.45) is 58.8 Å². The molecule has 16 nitrogen and oxygen atoms in total. The van der Waals surface area contributed by atoms with Crippen molar-refractivity contribution < 1.29 is 73.1 Å². The molecular formula is C54H110Br2FN5O11Zn. The topological polar surface area (TPSA) is 268 Å². The van der Waals surface area contributed by atoms with Crippen molar-refractivity contribution in [2.75, 3.05) is 27.0 Å². The summed E-state index contributed by atoms with van der Waals surface area (Å²) in [5.41, 5.74) is 10.1. The Kier molecular flexibility index (Phi) is 41.7. The number of hydrogen-bond donors (Lipinski definition) is 10. The van der Waals surface area contributed by atoms with Crippen molar-refractivity contribution in [3.63, 3.8) is 0 Å². The Balaban J connectivity index is -0.000000842. The van der Waals surface area contributed by atoms with Gasteiger partial charge >= 0.3 is 58.7 Å². The SMILES string of the molecule is CC(C)(C)OC(=O)N[C@@H]1C[C@H](CO)[C@@H](O)C1.CCO.CC[C@H]1C[C@@H](N)C[C@@H]1C.CC[C@H]1C[C@@H](NC(=O)OC(C)(C)C)C[C@@H]1C.CC[C@H]1C[C@@H](NC(=O)OC(C)(C)C)C[C@@H]1O.C[C@H]1C[C@H](N)C[C@@H]1CO.[2H]CF.[Br][Zn][Br]. The molecule has 5 rings (SSSR count). The van der Waals surface area contributed by atoms with E-state index < -0.39 is 36.2 Å². The van der Waals surface area contributed by atoms with Gasteiger partial charge in [-0.2, -0.15) is 0 Å². The molecule has 0 spiro atoms. The fourth-order valence-electron chi connectivity index (χ4n) is 10.1. The second-order valence-corrected chi connectivity index (χ2v) is 37.9. The molecule has 0 saturated heterocycles. The quantitative estimate of drug-likeness (QED) is 0.0802. The average molecular weight is 1250 g/mol. The van der Waals surface area contributed by atoms with E-state index in [1.807, 2.05) is 41.5 Å². The van der Waals surface area contributed by atoms with Gasteiger partial charge in [0.25, 0.3) is 0 Å². The Hall–Kier alpha value is -0.957. The van der Waals surface area contributed by atoms with Crippen molar-refractivity contribution in [3.05, 3.63) is 0 Å². The van der Waals surface area contributed by atoms with E-state index in [9.17, 15) is 29.0 Å². The molecule has 12 N–H and O–H groups in total. The third-order valence-electron chi connectivity index (χ3n) is 13.7. The maximum atomic E-state index is 11.6. The molecule has 0 heterocycles. The van der Waals surface area contributed by atoms with Crippen LogP contribution in [0.1, 0.15) is 196 Å². The first-order valence-corrected chi connectivity index (χ1v) is 41.2. The minimum absolute atomic E-state index is 0.0480. The van der Waals surface area contributed by atoms with E-state index >= 15 is 0 Å². The predicted molar refractivity (Wildman–Crippen MR) is 301 cm³/mol. The number of carbonyl (C=O) groups is 3. The zero-order valence-corrected chi connectivity index (χ0v) is 55.0. The summed E-state index contributed by atoms with van der Waals surface area (Å²) in [5, 5.41) is 53.1. The number of nitrogens with two attached hydrogens (primary N) is 2. The average Bonchev–Trinajstić information content (AvgIpc) is 4.07. The minimum atomic E-state index is -1.00. The number of aliphatic hydroxyl groups is 5. The number of alkyl halides is 1. The molecule has 5 aliphatic rings. The molecule has 440 valence electrons. The Labute approximate surface area is 471 Å². The zero-order valence-electron chi connectivity index (χ0n) is 49.9. The standard InChI is InChI=1S/C13H25NO2.C12H23NO3.C11H21NO4.C8H17N.C7H15NO.C2H6O.CH3F.2BrH.Zn/c1-6-10-8-11(7-9(10)2)14-12(15)16-13(3,4)5;1-5-8-6-9(7-10(8)14)13-11(15)16-12(2,3)4;1-11(2,3)16-10(15)12-8-4-7(6-13)9(14)5-8;1-3-7-5-8(9)4-6(7)2;1-5-2-7(8)3-6(5)4-9;1-2-3;1-2;;;/h9-11H,6-8H2,1-5H3,(H,14,15);8-10,14H,5-7H2,1-4H3,(H,13,15);7-9,13-14H,4-6H2,1-3H3,(H,12,15);6-8H,3-5,9H2,1-2H3;5-7,9H,2-4,8H2,1H3;3H,2H2,1H3;1H3;2*1H;/q;;;;;;;;;+2/p-2/t9-,10-,11-;8-,9+,10-;7-,8-,9+;6-,7-,8-;5-,6+,7-;;;;;/m00100...../s1/i;;;;;;1D;;;. The van der Waals surface area contributed by atoms with Gasteiger partial charge < -0.3 is 67.2 Å². The molecule has 74 heavy (non-hydrogen) atoms. The van der Waals surface area contributed by atoms with Gasteiger partial charge in [0.15, 0.2) is 0 Å². The Morgan fingerprint density at radius 1 is 0.541 bits per heavy atom. The van der Waals surface area contributed by atoms with E-state index in [-0.39, 0.29) is 62.7 Å². The molecule has 0 aromatic carbocycles. The van der Waals surface area contributed by atoms with E-state index in [1.54, 1.807) is 27.7 Å². The van der Waals surface area contributed by atoms with E-state index in [2.05, 4.69) is 84.7 Å². The van der Waals surface area contributed by atoms with Gasteiger partial charge in [-0.1, -0.05) is 60.8 Å². The van der Waals surface area contributed by atoms with Gasteiger partial charge in [0, 0.05) is 55.9 Å². The van der Waals surface area contributed by atoms with Crippen LogP contribution in [0.15, 0.2) is 0 Å². The fourth-order valence-corrected chi connectivity index (χ4v) is 10.1. The Morgan fingerprint density at radius 3 is 1.01 bits per heavy atom. The number of ether oxygens (including phenoxy) is 3. The molecule has 0 radical (unpaired) electrons. The monoisotopic (exact) mass is 1250 g/mol. The van der Waals surface area contributed by atoms with Gasteiger partial charge in [0.2, 0.25) is 0 Å². The van der Waals surface area contributed by atoms with E-state index in [1.165, 1.54) is 25.7 Å². The maximum absolute atomic E-state index is 11.6. The summed E-state index contributed by atoms with van der Waals surface area (Å²) >= 11 is 6.25. The summed E-state index contributed by atoms with van der Waals surface area (Å²) in [6.07, 6.45) is 10.8. The summed E-state index contributed by atoms with van der Waals surface area (Å²) in [4.78, 5) is 34.5. The van der Waals surface area contributed by atoms with Crippen LogP contribution >= 0.6 is 27.2 Å². The van der Waals surface area contributed by atoms with Crippen LogP contribution < -0.4 is 27.4 Å². The molecular weight excluding hydrogens is 1140 g/mol. The van der Waals surface area contributed by atoms with Gasteiger partial charge in [-0.25, -0.2) is 14.4 Å². The first-order chi connectivity index (χ1) is 34.7. The third-order valence-corrected chi connectivity index (χ3v) is 13.7. The number of carbonyl (C=O) groups excluding carboxylic acids is 3. The summed E-state index contributed by atoms with van der Waals surface area (Å²) < 4.78 is 31.0. The van der Waals surface area contributed by atoms with E-state index in [0.717, 1.165) is 56.3 Å². The summed E-state index contributed by atoms with van der Waals surface area (Å²) in [7, 11) is -1.00. The third kappa shape index (κ3) is 37.8. The molecule has 0 aromatic rings. The molecule has 3 amide bonds. The van der Waals surface area contributed by atoms with Gasteiger partial charge in [-0.3, -0.25) is 4.39 Å². The van der Waals surface area contributed by atoms with Crippen LogP contribution in [0, 0.1) is 47.3 Å². The van der Waals surface area contributed by atoms with Crippen molar-refractivity contribution in [3.8, 4) is 0 Å². The molecule has 0 bridgehead atoms. The number of halogens is 3.